The molecule has 14 heavy (non-hydrogen) atoms. The molecule has 2 saturated heterocycles. The molecular weight excluding hydrogens is 220 g/mol. The van der Waals surface area contributed by atoms with Crippen molar-refractivity contribution in [2.75, 3.05) is 18.1 Å². The molecule has 0 amide bonds. The third-order valence-corrected chi connectivity index (χ3v) is 5.69. The highest BCUT2D eigenvalue weighted by Crippen LogP contribution is 2.36. The van der Waals surface area contributed by atoms with Gasteiger partial charge in [-0.3, -0.25) is 5.41 Å². The smallest absolute Gasteiger partial charge is 0.157 e. The number of amidine groups is 1. The van der Waals surface area contributed by atoms with Crippen molar-refractivity contribution in [1.82, 2.24) is 4.90 Å². The predicted molar refractivity (Wildman–Crippen MR) is 58.5 cm³/mol. The van der Waals surface area contributed by atoms with Gasteiger partial charge in [-0.25, -0.2) is 8.42 Å². The molecule has 1 N–H and O–H groups in total. The van der Waals surface area contributed by atoms with Crippen LogP contribution in [-0.2, 0) is 9.84 Å². The number of rotatable bonds is 2. The molecule has 0 aromatic carbocycles. The lowest BCUT2D eigenvalue weighted by Crippen LogP contribution is -2.36. The van der Waals surface area contributed by atoms with Gasteiger partial charge >= 0.3 is 0 Å². The van der Waals surface area contributed by atoms with Gasteiger partial charge in [0.05, 0.1) is 17.5 Å². The maximum Gasteiger partial charge on any atom is 0.157 e. The zero-order valence-corrected chi connectivity index (χ0v) is 9.27. The Morgan fingerprint density at radius 1 is 1.64 bits per heavy atom. The first kappa shape index (κ1) is 10.0. The molecule has 2 rings (SSSR count). The number of sulfone groups is 1. The van der Waals surface area contributed by atoms with Crippen LogP contribution >= 0.6 is 11.8 Å². The summed E-state index contributed by atoms with van der Waals surface area (Å²) in [6, 6.07) is -0.00417. The molecule has 2 aliphatic heterocycles. The second-order valence-corrected chi connectivity index (χ2v) is 6.93. The normalized spacial score (nSPS) is 34.6. The van der Waals surface area contributed by atoms with Gasteiger partial charge in [0, 0.05) is 11.8 Å². The first-order chi connectivity index (χ1) is 6.53. The molecule has 2 fully saturated rings. The van der Waals surface area contributed by atoms with Crippen molar-refractivity contribution in [2.45, 2.75) is 11.3 Å². The SMILES string of the molecule is C=CCN1C(=N)S[C@H]2CS(=O)(=O)C[C@H]21. The van der Waals surface area contributed by atoms with E-state index in [4.69, 9.17) is 5.41 Å². The van der Waals surface area contributed by atoms with E-state index in [-0.39, 0.29) is 22.8 Å². The maximum absolute atomic E-state index is 11.4. The van der Waals surface area contributed by atoms with Crippen LogP contribution in [0.25, 0.3) is 0 Å². The molecule has 0 aromatic rings. The van der Waals surface area contributed by atoms with E-state index in [0.717, 1.165) is 0 Å². The van der Waals surface area contributed by atoms with Crippen LogP contribution in [0.5, 0.6) is 0 Å². The average molecular weight is 232 g/mol. The van der Waals surface area contributed by atoms with Crippen LogP contribution in [0.4, 0.5) is 0 Å². The summed E-state index contributed by atoms with van der Waals surface area (Å²) in [5.41, 5.74) is 0. The van der Waals surface area contributed by atoms with Gasteiger partial charge in [-0.1, -0.05) is 17.8 Å². The molecule has 0 aliphatic carbocycles. The molecule has 2 aliphatic rings. The zero-order chi connectivity index (χ0) is 10.3. The van der Waals surface area contributed by atoms with Crippen LogP contribution in [-0.4, -0.2) is 47.8 Å². The Morgan fingerprint density at radius 3 is 3.00 bits per heavy atom. The lowest BCUT2D eigenvalue weighted by atomic mass is 10.2. The van der Waals surface area contributed by atoms with E-state index in [1.807, 2.05) is 4.90 Å². The molecule has 4 nitrogen and oxygen atoms in total. The number of fused-ring (bicyclic) bond motifs is 1. The van der Waals surface area contributed by atoms with Crippen LogP contribution in [0, 0.1) is 5.41 Å². The van der Waals surface area contributed by atoms with Gasteiger partial charge in [-0.15, -0.1) is 6.58 Å². The van der Waals surface area contributed by atoms with Crippen LogP contribution in [0.1, 0.15) is 0 Å². The average Bonchev–Trinajstić information content (AvgIpc) is 2.47. The Morgan fingerprint density at radius 2 is 2.36 bits per heavy atom. The maximum atomic E-state index is 11.4. The van der Waals surface area contributed by atoms with Gasteiger partial charge in [0.1, 0.15) is 0 Å². The highest BCUT2D eigenvalue weighted by molar-refractivity contribution is 8.15. The third-order valence-electron chi connectivity index (χ3n) is 2.52. The minimum atomic E-state index is -2.87. The third kappa shape index (κ3) is 1.56. The van der Waals surface area contributed by atoms with Crippen molar-refractivity contribution in [3.63, 3.8) is 0 Å². The Kier molecular flexibility index (Phi) is 2.35. The molecule has 6 heteroatoms. The van der Waals surface area contributed by atoms with Crippen molar-refractivity contribution < 1.29 is 8.42 Å². The van der Waals surface area contributed by atoms with Crippen LogP contribution in [0.15, 0.2) is 12.7 Å². The monoisotopic (exact) mass is 232 g/mol. The van der Waals surface area contributed by atoms with Crippen molar-refractivity contribution >= 4 is 26.8 Å². The summed E-state index contributed by atoms with van der Waals surface area (Å²) in [7, 11) is -2.87. The Labute approximate surface area is 87.8 Å². The van der Waals surface area contributed by atoms with E-state index in [9.17, 15) is 8.42 Å². The number of nitrogens with zero attached hydrogens (tertiary/aromatic N) is 1. The summed E-state index contributed by atoms with van der Waals surface area (Å²) in [6.07, 6.45) is 1.71. The molecule has 78 valence electrons. The van der Waals surface area contributed by atoms with Gasteiger partial charge in [0.15, 0.2) is 15.0 Å². The Bertz CT molecular complexity index is 377. The largest absolute Gasteiger partial charge is 0.343 e. The van der Waals surface area contributed by atoms with Gasteiger partial charge in [-0.05, 0) is 0 Å². The molecule has 0 unspecified atom stereocenters. The molecule has 2 heterocycles. The number of hydrogen-bond acceptors (Lipinski definition) is 4. The molecule has 0 aromatic heterocycles. The predicted octanol–water partition coefficient (Wildman–Crippen LogP) is 0.322. The van der Waals surface area contributed by atoms with E-state index >= 15 is 0 Å². The van der Waals surface area contributed by atoms with E-state index in [2.05, 4.69) is 6.58 Å². The molecule has 0 saturated carbocycles. The van der Waals surface area contributed by atoms with Crippen LogP contribution in [0.3, 0.4) is 0 Å². The van der Waals surface area contributed by atoms with Crippen molar-refractivity contribution in [3.05, 3.63) is 12.7 Å². The van der Waals surface area contributed by atoms with E-state index in [1.165, 1.54) is 11.8 Å². The first-order valence-corrected chi connectivity index (χ1v) is 7.07. The van der Waals surface area contributed by atoms with E-state index in [0.29, 0.717) is 11.7 Å². The highest BCUT2D eigenvalue weighted by Gasteiger charge is 2.47. The highest BCUT2D eigenvalue weighted by atomic mass is 32.2. The van der Waals surface area contributed by atoms with Crippen molar-refractivity contribution in [3.8, 4) is 0 Å². The quantitative estimate of drug-likeness (QED) is 0.697. The molecule has 2 atom stereocenters. The van der Waals surface area contributed by atoms with Crippen LogP contribution < -0.4 is 0 Å². The van der Waals surface area contributed by atoms with Gasteiger partial charge in [0.2, 0.25) is 0 Å². The number of hydrogen-bond donors (Lipinski definition) is 1. The van der Waals surface area contributed by atoms with Gasteiger partial charge < -0.3 is 4.90 Å². The second kappa shape index (κ2) is 3.27. The topological polar surface area (TPSA) is 61.2 Å². The summed E-state index contributed by atoms with van der Waals surface area (Å²) in [5, 5.41) is 8.23. The fourth-order valence-electron chi connectivity index (χ4n) is 1.92. The summed E-state index contributed by atoms with van der Waals surface area (Å²) >= 11 is 1.37. The Hall–Kier alpha value is -0.490. The fourth-order valence-corrected chi connectivity index (χ4v) is 5.76. The Balaban J connectivity index is 2.21. The van der Waals surface area contributed by atoms with E-state index in [1.54, 1.807) is 6.08 Å². The molecule has 0 spiro atoms. The fraction of sp³-hybridized carbons (Fsp3) is 0.625. The van der Waals surface area contributed by atoms with E-state index < -0.39 is 9.84 Å². The first-order valence-electron chi connectivity index (χ1n) is 4.36. The van der Waals surface area contributed by atoms with Crippen LogP contribution in [0.2, 0.25) is 0 Å². The van der Waals surface area contributed by atoms with Crippen molar-refractivity contribution in [2.24, 2.45) is 0 Å². The minimum absolute atomic E-state index is 0.00417. The summed E-state index contributed by atoms with van der Waals surface area (Å²) in [6.45, 7) is 4.18. The minimum Gasteiger partial charge on any atom is -0.343 e. The van der Waals surface area contributed by atoms with Gasteiger partial charge in [0.25, 0.3) is 0 Å². The molecule has 0 bridgehead atoms. The lowest BCUT2D eigenvalue weighted by Gasteiger charge is -2.21. The lowest BCUT2D eigenvalue weighted by molar-refractivity contribution is 0.389. The number of nitrogens with one attached hydrogen (secondary N) is 1. The summed E-state index contributed by atoms with van der Waals surface area (Å²) < 4.78 is 22.7. The molecular formula is C8H12N2O2S2. The summed E-state index contributed by atoms with van der Waals surface area (Å²) in [4.78, 5) is 1.83. The van der Waals surface area contributed by atoms with Crippen molar-refractivity contribution in [1.29, 1.82) is 5.41 Å². The molecule has 0 radical (unpaired) electrons. The summed E-state index contributed by atoms with van der Waals surface area (Å²) in [5.74, 6) is 0.416. The second-order valence-electron chi connectivity index (χ2n) is 3.55. The standard InChI is InChI=1S/C8H12N2O2S2/c1-2-3-10-6-4-14(11,12)5-7(6)13-8(10)9/h2,6-7,9H,1,3-5H2/t6-,7+/m1/s1. The number of thioether (sulfide) groups is 1. The van der Waals surface area contributed by atoms with Gasteiger partial charge in [-0.2, -0.15) is 0 Å². The zero-order valence-electron chi connectivity index (χ0n) is 7.64.